The fraction of sp³-hybridized carbons (Fsp3) is 0.438. The third-order valence-corrected chi connectivity index (χ3v) is 5.15. The van der Waals surface area contributed by atoms with Crippen molar-refractivity contribution in [3.8, 4) is 5.75 Å². The van der Waals surface area contributed by atoms with E-state index in [0.29, 0.717) is 16.9 Å². The molecule has 0 radical (unpaired) electrons. The lowest BCUT2D eigenvalue weighted by atomic mass is 10.0. The number of fused-ring (bicyclic) bond motifs is 1. The lowest BCUT2D eigenvalue weighted by Crippen LogP contribution is -2.52. The number of hydrogen-bond donors (Lipinski definition) is 2. The van der Waals surface area contributed by atoms with Gasteiger partial charge in [0.05, 0.1) is 18.9 Å². The summed E-state index contributed by atoms with van der Waals surface area (Å²) in [7, 11) is -4.05. The number of rotatable bonds is 6. The van der Waals surface area contributed by atoms with Gasteiger partial charge in [0, 0.05) is 17.5 Å². The van der Waals surface area contributed by atoms with Crippen LogP contribution in [0, 0.1) is 0 Å². The van der Waals surface area contributed by atoms with Crippen molar-refractivity contribution in [2.45, 2.75) is 31.8 Å². The molecule has 1 aromatic rings. The molecule has 1 aromatic carbocycles. The van der Waals surface area contributed by atoms with Gasteiger partial charge in [-0.3, -0.25) is 24.3 Å². The fourth-order valence-electron chi connectivity index (χ4n) is 3.12. The minimum absolute atomic E-state index is 0.0584. The molecule has 1 fully saturated rings. The zero-order valence-corrected chi connectivity index (χ0v) is 14.6. The standard InChI is InChI=1S/C16H18N2O7S/c19-14-6-5-12(15(20)17-14)18-9-11-10(16(18)21)3-1-4-13(11)25-7-2-8-26(22,23)24/h1,3-4,12H,2,5-9H2,(H,17,19,20)(H,22,23,24). The molecule has 9 nitrogen and oxygen atoms in total. The van der Waals surface area contributed by atoms with Crippen molar-refractivity contribution in [2.75, 3.05) is 12.4 Å². The number of piperidine rings is 1. The SMILES string of the molecule is O=C1CCC(N2Cc3c(OCCCS(=O)(=O)O)cccc3C2=O)C(=O)N1. The predicted molar refractivity (Wildman–Crippen MR) is 89.0 cm³/mol. The summed E-state index contributed by atoms with van der Waals surface area (Å²) in [5.74, 6) is -1.13. The Morgan fingerprint density at radius 2 is 2.04 bits per heavy atom. The molecule has 0 aliphatic carbocycles. The van der Waals surface area contributed by atoms with Crippen molar-refractivity contribution in [3.05, 3.63) is 29.3 Å². The van der Waals surface area contributed by atoms with Gasteiger partial charge in [-0.1, -0.05) is 6.07 Å². The van der Waals surface area contributed by atoms with Gasteiger partial charge in [0.25, 0.3) is 16.0 Å². The van der Waals surface area contributed by atoms with Gasteiger partial charge in [0.15, 0.2) is 0 Å². The minimum Gasteiger partial charge on any atom is -0.493 e. The van der Waals surface area contributed by atoms with Crippen LogP contribution in [0.3, 0.4) is 0 Å². The monoisotopic (exact) mass is 382 g/mol. The summed E-state index contributed by atoms with van der Waals surface area (Å²) in [4.78, 5) is 37.4. The highest BCUT2D eigenvalue weighted by Crippen LogP contribution is 2.33. The van der Waals surface area contributed by atoms with E-state index in [4.69, 9.17) is 9.29 Å². The van der Waals surface area contributed by atoms with Gasteiger partial charge in [0.2, 0.25) is 11.8 Å². The highest BCUT2D eigenvalue weighted by atomic mass is 32.2. The summed E-state index contributed by atoms with van der Waals surface area (Å²) in [6.07, 6.45) is 0.553. The number of nitrogens with zero attached hydrogens (tertiary/aromatic N) is 1. The van der Waals surface area contributed by atoms with Crippen LogP contribution in [0.5, 0.6) is 5.75 Å². The zero-order valence-electron chi connectivity index (χ0n) is 13.8. The lowest BCUT2D eigenvalue weighted by Gasteiger charge is -2.29. The van der Waals surface area contributed by atoms with Gasteiger partial charge >= 0.3 is 0 Å². The van der Waals surface area contributed by atoms with Crippen molar-refractivity contribution in [2.24, 2.45) is 0 Å². The van der Waals surface area contributed by atoms with E-state index in [1.54, 1.807) is 18.2 Å². The van der Waals surface area contributed by atoms with Crippen LogP contribution >= 0.6 is 0 Å². The maximum atomic E-state index is 12.6. The Bertz CT molecular complexity index is 865. The Kier molecular flexibility index (Phi) is 4.97. The highest BCUT2D eigenvalue weighted by Gasteiger charge is 2.40. The molecule has 1 unspecified atom stereocenters. The van der Waals surface area contributed by atoms with Crippen LogP contribution in [0.4, 0.5) is 0 Å². The van der Waals surface area contributed by atoms with Crippen molar-refractivity contribution in [3.63, 3.8) is 0 Å². The van der Waals surface area contributed by atoms with E-state index < -0.39 is 27.8 Å². The Labute approximate surface area is 150 Å². The molecule has 0 spiro atoms. The second kappa shape index (κ2) is 7.04. The van der Waals surface area contributed by atoms with Gasteiger partial charge < -0.3 is 9.64 Å². The van der Waals surface area contributed by atoms with Crippen molar-refractivity contribution >= 4 is 27.8 Å². The lowest BCUT2D eigenvalue weighted by molar-refractivity contribution is -0.136. The van der Waals surface area contributed by atoms with Gasteiger partial charge in [-0.05, 0) is 25.0 Å². The second-order valence-corrected chi connectivity index (χ2v) is 7.74. The summed E-state index contributed by atoms with van der Waals surface area (Å²) in [6, 6.07) is 4.23. The maximum Gasteiger partial charge on any atom is 0.264 e. The summed E-state index contributed by atoms with van der Waals surface area (Å²) in [5, 5.41) is 2.24. The average Bonchev–Trinajstić information content (AvgIpc) is 2.89. The van der Waals surface area contributed by atoms with Crippen molar-refractivity contribution < 1.29 is 32.1 Å². The quantitative estimate of drug-likeness (QED) is 0.405. The number of carbonyl (C=O) groups excluding carboxylic acids is 3. The van der Waals surface area contributed by atoms with Gasteiger partial charge in [-0.25, -0.2) is 0 Å². The molecule has 3 rings (SSSR count). The van der Waals surface area contributed by atoms with Crippen LogP contribution in [-0.2, 0) is 26.3 Å². The zero-order chi connectivity index (χ0) is 18.9. The molecule has 2 aliphatic heterocycles. The van der Waals surface area contributed by atoms with E-state index in [1.165, 1.54) is 4.90 Å². The van der Waals surface area contributed by atoms with E-state index >= 15 is 0 Å². The molecule has 140 valence electrons. The van der Waals surface area contributed by atoms with Crippen LogP contribution in [-0.4, -0.2) is 54.0 Å². The molecule has 2 N–H and O–H groups in total. The summed E-state index contributed by atoms with van der Waals surface area (Å²) < 4.78 is 35.8. The molecule has 1 saturated heterocycles. The molecular weight excluding hydrogens is 364 g/mol. The van der Waals surface area contributed by atoms with Crippen LogP contribution in [0.25, 0.3) is 0 Å². The number of nitrogens with one attached hydrogen (secondary N) is 1. The number of hydrogen-bond acceptors (Lipinski definition) is 6. The second-order valence-electron chi connectivity index (χ2n) is 6.17. The first-order chi connectivity index (χ1) is 12.3. The van der Waals surface area contributed by atoms with E-state index in [9.17, 15) is 22.8 Å². The molecule has 0 saturated carbocycles. The van der Waals surface area contributed by atoms with E-state index in [1.807, 2.05) is 0 Å². The average molecular weight is 382 g/mol. The largest absolute Gasteiger partial charge is 0.493 e. The van der Waals surface area contributed by atoms with Crippen LogP contribution in [0.2, 0.25) is 0 Å². The summed E-state index contributed by atoms with van der Waals surface area (Å²) >= 11 is 0. The molecule has 10 heteroatoms. The Hall–Kier alpha value is -2.46. The number of carbonyl (C=O) groups is 3. The Balaban J connectivity index is 1.71. The van der Waals surface area contributed by atoms with E-state index in [0.717, 1.165) is 0 Å². The Morgan fingerprint density at radius 3 is 2.73 bits per heavy atom. The van der Waals surface area contributed by atoms with Crippen LogP contribution in [0.15, 0.2) is 18.2 Å². The van der Waals surface area contributed by atoms with E-state index in [-0.39, 0.29) is 44.2 Å². The van der Waals surface area contributed by atoms with Gasteiger partial charge in [0.1, 0.15) is 11.8 Å². The molecule has 26 heavy (non-hydrogen) atoms. The molecule has 1 atom stereocenters. The number of ether oxygens (including phenoxy) is 1. The maximum absolute atomic E-state index is 12.6. The van der Waals surface area contributed by atoms with E-state index in [2.05, 4.69) is 5.32 Å². The molecule has 2 heterocycles. The first-order valence-electron chi connectivity index (χ1n) is 8.11. The number of amides is 3. The van der Waals surface area contributed by atoms with Gasteiger partial charge in [-0.2, -0.15) is 8.42 Å². The first kappa shape index (κ1) is 18.3. The molecule has 0 bridgehead atoms. The van der Waals surface area contributed by atoms with Crippen molar-refractivity contribution in [1.82, 2.24) is 10.2 Å². The summed E-state index contributed by atoms with van der Waals surface area (Å²) in [6.45, 7) is 0.234. The minimum atomic E-state index is -4.05. The fourth-order valence-corrected chi connectivity index (χ4v) is 3.60. The molecular formula is C16H18N2O7S. The predicted octanol–water partition coefficient (Wildman–Crippen LogP) is 0.104. The smallest absolute Gasteiger partial charge is 0.264 e. The summed E-state index contributed by atoms with van der Waals surface area (Å²) in [5.41, 5.74) is 1.04. The van der Waals surface area contributed by atoms with Gasteiger partial charge in [-0.15, -0.1) is 0 Å². The topological polar surface area (TPSA) is 130 Å². The molecule has 3 amide bonds. The normalized spacial score (nSPS) is 20.1. The Morgan fingerprint density at radius 1 is 1.27 bits per heavy atom. The third-order valence-electron chi connectivity index (χ3n) is 4.34. The third kappa shape index (κ3) is 3.86. The highest BCUT2D eigenvalue weighted by molar-refractivity contribution is 7.85. The molecule has 2 aliphatic rings. The number of benzene rings is 1. The molecule has 0 aromatic heterocycles. The first-order valence-corrected chi connectivity index (χ1v) is 9.72. The number of imide groups is 1. The van der Waals surface area contributed by atoms with Crippen LogP contribution in [0.1, 0.15) is 35.2 Å². The van der Waals surface area contributed by atoms with Crippen LogP contribution < -0.4 is 10.1 Å². The van der Waals surface area contributed by atoms with Crippen molar-refractivity contribution in [1.29, 1.82) is 0 Å².